The first-order valence-corrected chi connectivity index (χ1v) is 6.62. The lowest BCUT2D eigenvalue weighted by atomic mass is 10.1. The molecule has 0 amide bonds. The Morgan fingerprint density at radius 1 is 1.30 bits per heavy atom. The van der Waals surface area contributed by atoms with E-state index in [-0.39, 0.29) is 17.3 Å². The predicted octanol–water partition coefficient (Wildman–Crippen LogP) is 2.31. The summed E-state index contributed by atoms with van der Waals surface area (Å²) in [6.45, 7) is 3.93. The van der Waals surface area contributed by atoms with Gasteiger partial charge in [-0.1, -0.05) is 44.2 Å². The molecule has 0 spiro atoms. The van der Waals surface area contributed by atoms with Gasteiger partial charge in [-0.2, -0.15) is 5.10 Å². The summed E-state index contributed by atoms with van der Waals surface area (Å²) in [5, 5.41) is 13.7. The largest absolute Gasteiger partial charge is 0.481 e. The van der Waals surface area contributed by atoms with Gasteiger partial charge in [0.25, 0.3) is 0 Å². The van der Waals surface area contributed by atoms with Crippen LogP contribution in [0.4, 0.5) is 0 Å². The van der Waals surface area contributed by atoms with Crippen LogP contribution in [0.15, 0.2) is 30.3 Å². The SMILES string of the molecule is Cn1nc(-c2ccccc2)nc1C1C(C(=O)O)C1(C)C. The van der Waals surface area contributed by atoms with E-state index in [9.17, 15) is 9.90 Å². The first-order chi connectivity index (χ1) is 9.43. The molecule has 0 bridgehead atoms. The molecule has 1 N–H and O–H groups in total. The number of aryl methyl sites for hydroxylation is 1. The van der Waals surface area contributed by atoms with Crippen molar-refractivity contribution in [1.82, 2.24) is 14.8 Å². The van der Waals surface area contributed by atoms with Crippen molar-refractivity contribution in [3.63, 3.8) is 0 Å². The van der Waals surface area contributed by atoms with Crippen molar-refractivity contribution in [3.8, 4) is 11.4 Å². The first-order valence-electron chi connectivity index (χ1n) is 6.62. The summed E-state index contributed by atoms with van der Waals surface area (Å²) >= 11 is 0. The van der Waals surface area contributed by atoms with E-state index in [0.29, 0.717) is 5.82 Å². The van der Waals surface area contributed by atoms with Gasteiger partial charge >= 0.3 is 5.97 Å². The molecule has 1 aromatic heterocycles. The Hall–Kier alpha value is -2.17. The van der Waals surface area contributed by atoms with Crippen molar-refractivity contribution in [2.45, 2.75) is 19.8 Å². The number of hydrogen-bond donors (Lipinski definition) is 1. The van der Waals surface area contributed by atoms with E-state index in [2.05, 4.69) is 10.1 Å². The molecule has 1 aliphatic rings. The number of benzene rings is 1. The smallest absolute Gasteiger partial charge is 0.307 e. The minimum atomic E-state index is -0.760. The minimum absolute atomic E-state index is 0.0741. The summed E-state index contributed by atoms with van der Waals surface area (Å²) in [7, 11) is 1.82. The van der Waals surface area contributed by atoms with Gasteiger partial charge in [0.15, 0.2) is 5.82 Å². The van der Waals surface area contributed by atoms with Gasteiger partial charge in [-0.25, -0.2) is 4.98 Å². The maximum atomic E-state index is 11.3. The predicted molar refractivity (Wildman–Crippen MR) is 74.1 cm³/mol. The summed E-state index contributed by atoms with van der Waals surface area (Å²) < 4.78 is 1.71. The van der Waals surface area contributed by atoms with Gasteiger partial charge in [-0.05, 0) is 5.41 Å². The van der Waals surface area contributed by atoms with E-state index in [1.807, 2.05) is 51.2 Å². The van der Waals surface area contributed by atoms with Gasteiger partial charge in [-0.15, -0.1) is 0 Å². The Morgan fingerprint density at radius 3 is 2.50 bits per heavy atom. The zero-order valence-electron chi connectivity index (χ0n) is 11.7. The third-order valence-electron chi connectivity index (χ3n) is 4.20. The maximum absolute atomic E-state index is 11.3. The zero-order chi connectivity index (χ0) is 14.5. The maximum Gasteiger partial charge on any atom is 0.307 e. The Bertz CT molecular complexity index is 661. The fourth-order valence-electron chi connectivity index (χ4n) is 2.96. The molecule has 1 aliphatic carbocycles. The van der Waals surface area contributed by atoms with Gasteiger partial charge in [0.1, 0.15) is 5.82 Å². The highest BCUT2D eigenvalue weighted by atomic mass is 16.4. The molecule has 2 atom stereocenters. The Labute approximate surface area is 117 Å². The van der Waals surface area contributed by atoms with Crippen LogP contribution in [0.1, 0.15) is 25.6 Å². The van der Waals surface area contributed by atoms with Crippen molar-refractivity contribution >= 4 is 5.97 Å². The third-order valence-corrected chi connectivity index (χ3v) is 4.20. The molecule has 1 saturated carbocycles. The molecule has 0 aliphatic heterocycles. The van der Waals surface area contributed by atoms with Gasteiger partial charge < -0.3 is 5.11 Å². The van der Waals surface area contributed by atoms with Gasteiger partial charge in [0, 0.05) is 18.5 Å². The van der Waals surface area contributed by atoms with Crippen LogP contribution in [0.5, 0.6) is 0 Å². The van der Waals surface area contributed by atoms with Gasteiger partial charge in [-0.3, -0.25) is 9.48 Å². The number of aromatic nitrogens is 3. The average molecular weight is 271 g/mol. The lowest BCUT2D eigenvalue weighted by molar-refractivity contribution is -0.139. The lowest BCUT2D eigenvalue weighted by Crippen LogP contribution is -2.04. The molecule has 1 fully saturated rings. The van der Waals surface area contributed by atoms with E-state index < -0.39 is 5.97 Å². The standard InChI is InChI=1S/C15H17N3O2/c1-15(2)10(11(15)14(19)20)13-16-12(17-18(13)3)9-7-5-4-6-8-9/h4-8,10-11H,1-3H3,(H,19,20). The quantitative estimate of drug-likeness (QED) is 0.930. The van der Waals surface area contributed by atoms with E-state index >= 15 is 0 Å². The molecule has 104 valence electrons. The molecule has 3 rings (SSSR count). The molecular weight excluding hydrogens is 254 g/mol. The van der Waals surface area contributed by atoms with Crippen molar-refractivity contribution in [2.75, 3.05) is 0 Å². The monoisotopic (exact) mass is 271 g/mol. The van der Waals surface area contributed by atoms with Crippen LogP contribution < -0.4 is 0 Å². The number of aliphatic carboxylic acids is 1. The number of carboxylic acids is 1. The van der Waals surface area contributed by atoms with Crippen LogP contribution in [-0.2, 0) is 11.8 Å². The van der Waals surface area contributed by atoms with Crippen molar-refractivity contribution in [3.05, 3.63) is 36.2 Å². The van der Waals surface area contributed by atoms with Crippen LogP contribution in [0, 0.1) is 11.3 Å². The van der Waals surface area contributed by atoms with Crippen LogP contribution in [0.3, 0.4) is 0 Å². The highest BCUT2D eigenvalue weighted by molar-refractivity contribution is 5.77. The highest BCUT2D eigenvalue weighted by Gasteiger charge is 2.64. The second-order valence-corrected chi connectivity index (χ2v) is 5.90. The topological polar surface area (TPSA) is 68.0 Å². The average Bonchev–Trinajstić information content (AvgIpc) is 2.77. The molecule has 2 unspecified atom stereocenters. The summed E-state index contributed by atoms with van der Waals surface area (Å²) in [5.74, 6) is 0.185. The van der Waals surface area contributed by atoms with Gasteiger partial charge in [0.05, 0.1) is 5.92 Å². The normalized spacial score (nSPS) is 23.6. The number of nitrogens with zero attached hydrogens (tertiary/aromatic N) is 3. The van der Waals surface area contributed by atoms with Crippen molar-refractivity contribution < 1.29 is 9.90 Å². The number of carbonyl (C=O) groups is 1. The van der Waals surface area contributed by atoms with E-state index in [4.69, 9.17) is 0 Å². The molecule has 2 aromatic rings. The highest BCUT2D eigenvalue weighted by Crippen LogP contribution is 2.63. The summed E-state index contributed by atoms with van der Waals surface area (Å²) in [6, 6.07) is 9.72. The molecular formula is C15H17N3O2. The van der Waals surface area contributed by atoms with Crippen molar-refractivity contribution in [1.29, 1.82) is 0 Å². The lowest BCUT2D eigenvalue weighted by Gasteiger charge is -2.00. The van der Waals surface area contributed by atoms with Crippen LogP contribution in [0.2, 0.25) is 0 Å². The Morgan fingerprint density at radius 2 is 1.95 bits per heavy atom. The van der Waals surface area contributed by atoms with Crippen LogP contribution >= 0.6 is 0 Å². The molecule has 5 heteroatoms. The van der Waals surface area contributed by atoms with E-state index in [1.54, 1.807) is 4.68 Å². The number of carboxylic acid groups (broad SMARTS) is 1. The third kappa shape index (κ3) is 1.81. The molecule has 1 heterocycles. The second kappa shape index (κ2) is 4.16. The molecule has 0 saturated heterocycles. The number of hydrogen-bond acceptors (Lipinski definition) is 3. The summed E-state index contributed by atoms with van der Waals surface area (Å²) in [4.78, 5) is 15.9. The minimum Gasteiger partial charge on any atom is -0.481 e. The first kappa shape index (κ1) is 12.8. The fraction of sp³-hybridized carbons (Fsp3) is 0.400. The van der Waals surface area contributed by atoms with Crippen molar-refractivity contribution in [2.24, 2.45) is 18.4 Å². The molecule has 20 heavy (non-hydrogen) atoms. The zero-order valence-corrected chi connectivity index (χ0v) is 11.7. The fourth-order valence-corrected chi connectivity index (χ4v) is 2.96. The second-order valence-electron chi connectivity index (χ2n) is 5.90. The van der Waals surface area contributed by atoms with E-state index in [0.717, 1.165) is 11.4 Å². The summed E-state index contributed by atoms with van der Waals surface area (Å²) in [5.41, 5.74) is 0.681. The number of rotatable bonds is 3. The van der Waals surface area contributed by atoms with Crippen LogP contribution in [-0.4, -0.2) is 25.8 Å². The summed E-state index contributed by atoms with van der Waals surface area (Å²) in [6.07, 6.45) is 0. The molecule has 0 radical (unpaired) electrons. The molecule has 1 aromatic carbocycles. The van der Waals surface area contributed by atoms with Gasteiger partial charge in [0.2, 0.25) is 0 Å². The Balaban J connectivity index is 1.98. The Kier molecular flexibility index (Phi) is 2.67. The van der Waals surface area contributed by atoms with E-state index in [1.165, 1.54) is 0 Å². The van der Waals surface area contributed by atoms with Crippen LogP contribution in [0.25, 0.3) is 11.4 Å². The molecule has 5 nitrogen and oxygen atoms in total.